The fourth-order valence-corrected chi connectivity index (χ4v) is 3.00. The van der Waals surface area contributed by atoms with Crippen molar-refractivity contribution in [1.82, 2.24) is 4.90 Å². The molecule has 0 aliphatic carbocycles. The number of amides is 2. The summed E-state index contributed by atoms with van der Waals surface area (Å²) in [6.45, 7) is 0.929. The summed E-state index contributed by atoms with van der Waals surface area (Å²) in [5.74, 6) is -0.111. The van der Waals surface area contributed by atoms with E-state index >= 15 is 0 Å². The van der Waals surface area contributed by atoms with Crippen molar-refractivity contribution in [2.45, 2.75) is 12.8 Å². The highest BCUT2D eigenvalue weighted by Crippen LogP contribution is 2.21. The lowest BCUT2D eigenvalue weighted by Crippen LogP contribution is -2.30. The molecule has 5 nitrogen and oxygen atoms in total. The molecule has 1 aliphatic rings. The highest BCUT2D eigenvalue weighted by molar-refractivity contribution is 5.97. The van der Waals surface area contributed by atoms with Crippen LogP contribution in [0.15, 0.2) is 48.5 Å². The van der Waals surface area contributed by atoms with Crippen LogP contribution in [-0.4, -0.2) is 36.9 Å². The average Bonchev–Trinajstić information content (AvgIpc) is 3.03. The summed E-state index contributed by atoms with van der Waals surface area (Å²) in [5.41, 5.74) is 1.64. The van der Waals surface area contributed by atoms with Crippen molar-refractivity contribution >= 4 is 17.5 Å². The zero-order valence-corrected chi connectivity index (χ0v) is 14.6. The van der Waals surface area contributed by atoms with Gasteiger partial charge in [-0.3, -0.25) is 9.59 Å². The molecule has 1 N–H and O–H groups in total. The molecular weight excluding hydrogens is 335 g/mol. The largest absolute Gasteiger partial charge is 0.497 e. The van der Waals surface area contributed by atoms with Gasteiger partial charge in [0, 0.05) is 25.2 Å². The molecule has 6 heteroatoms. The third-order valence-corrected chi connectivity index (χ3v) is 4.53. The first-order valence-electron chi connectivity index (χ1n) is 8.52. The number of anilines is 1. The number of methoxy groups -OCH3 is 1. The number of nitrogens with one attached hydrogen (secondary N) is 1. The van der Waals surface area contributed by atoms with E-state index in [9.17, 15) is 14.0 Å². The molecule has 0 aromatic heterocycles. The zero-order chi connectivity index (χ0) is 18.5. The van der Waals surface area contributed by atoms with Crippen LogP contribution in [0.2, 0.25) is 0 Å². The van der Waals surface area contributed by atoms with Gasteiger partial charge in [0.15, 0.2) is 0 Å². The Hall–Kier alpha value is -2.89. The van der Waals surface area contributed by atoms with E-state index in [1.165, 1.54) is 12.1 Å². The van der Waals surface area contributed by atoms with Crippen LogP contribution in [0.4, 0.5) is 10.1 Å². The summed E-state index contributed by atoms with van der Waals surface area (Å²) >= 11 is 0. The molecule has 0 radical (unpaired) electrons. The van der Waals surface area contributed by atoms with Gasteiger partial charge in [-0.25, -0.2) is 4.39 Å². The molecule has 0 spiro atoms. The lowest BCUT2D eigenvalue weighted by molar-refractivity contribution is -0.128. The number of benzene rings is 2. The van der Waals surface area contributed by atoms with Gasteiger partial charge in [-0.05, 0) is 48.4 Å². The van der Waals surface area contributed by atoms with E-state index in [2.05, 4.69) is 5.32 Å². The first-order valence-corrected chi connectivity index (χ1v) is 8.52. The predicted molar refractivity (Wildman–Crippen MR) is 96.4 cm³/mol. The topological polar surface area (TPSA) is 58.6 Å². The van der Waals surface area contributed by atoms with Crippen molar-refractivity contribution in [3.05, 3.63) is 59.9 Å². The average molecular weight is 356 g/mol. The normalized spacial score (nSPS) is 16.6. The smallest absolute Gasteiger partial charge is 0.229 e. The van der Waals surface area contributed by atoms with Crippen LogP contribution in [0.1, 0.15) is 12.0 Å². The van der Waals surface area contributed by atoms with E-state index in [1.54, 1.807) is 48.4 Å². The fraction of sp³-hybridized carbons (Fsp3) is 0.300. The van der Waals surface area contributed by atoms with Crippen LogP contribution in [0.3, 0.4) is 0 Å². The maximum Gasteiger partial charge on any atom is 0.229 e. The SMILES string of the molecule is COc1ccc(NC(=O)[C@@H]2CC(=O)N(CCc3ccc(F)cc3)C2)cc1. The zero-order valence-electron chi connectivity index (χ0n) is 14.6. The Bertz CT molecular complexity index is 775. The Morgan fingerprint density at radius 2 is 1.88 bits per heavy atom. The van der Waals surface area contributed by atoms with Crippen LogP contribution < -0.4 is 10.1 Å². The van der Waals surface area contributed by atoms with Crippen molar-refractivity contribution in [2.24, 2.45) is 5.92 Å². The van der Waals surface area contributed by atoms with Crippen molar-refractivity contribution in [3.8, 4) is 5.75 Å². The van der Waals surface area contributed by atoms with Gasteiger partial charge in [0.1, 0.15) is 11.6 Å². The molecule has 3 rings (SSSR count). The summed E-state index contributed by atoms with van der Waals surface area (Å²) in [6, 6.07) is 13.3. The van der Waals surface area contributed by atoms with Crippen molar-refractivity contribution in [3.63, 3.8) is 0 Å². The molecule has 0 unspecified atom stereocenters. The second kappa shape index (κ2) is 7.99. The van der Waals surface area contributed by atoms with Crippen LogP contribution in [0, 0.1) is 11.7 Å². The molecule has 0 saturated carbocycles. The van der Waals surface area contributed by atoms with Gasteiger partial charge in [0.2, 0.25) is 11.8 Å². The Morgan fingerprint density at radius 3 is 2.54 bits per heavy atom. The summed E-state index contributed by atoms with van der Waals surface area (Å²) in [7, 11) is 1.58. The number of carbonyl (C=O) groups is 2. The standard InChI is InChI=1S/C20H21FN2O3/c1-26-18-8-6-17(7-9-18)22-20(25)15-12-19(24)23(13-15)11-10-14-2-4-16(21)5-3-14/h2-9,15H,10-13H2,1H3,(H,22,25)/t15-/m1/s1. The van der Waals surface area contributed by atoms with Crippen LogP contribution in [-0.2, 0) is 16.0 Å². The van der Waals surface area contributed by atoms with Gasteiger partial charge in [0.25, 0.3) is 0 Å². The van der Waals surface area contributed by atoms with Gasteiger partial charge < -0.3 is 15.0 Å². The van der Waals surface area contributed by atoms with Crippen LogP contribution >= 0.6 is 0 Å². The summed E-state index contributed by atoms with van der Waals surface area (Å²) in [5, 5.41) is 2.84. The van der Waals surface area contributed by atoms with E-state index in [1.807, 2.05) is 0 Å². The molecule has 1 saturated heterocycles. The van der Waals surface area contributed by atoms with Gasteiger partial charge in [-0.2, -0.15) is 0 Å². The lowest BCUT2D eigenvalue weighted by Gasteiger charge is -2.16. The monoisotopic (exact) mass is 356 g/mol. The third kappa shape index (κ3) is 4.39. The van der Waals surface area contributed by atoms with E-state index in [-0.39, 0.29) is 30.0 Å². The minimum Gasteiger partial charge on any atom is -0.497 e. The van der Waals surface area contributed by atoms with Crippen LogP contribution in [0.25, 0.3) is 0 Å². The van der Waals surface area contributed by atoms with Gasteiger partial charge in [0.05, 0.1) is 13.0 Å². The Kier molecular flexibility index (Phi) is 5.51. The van der Waals surface area contributed by atoms with E-state index in [4.69, 9.17) is 4.74 Å². The van der Waals surface area contributed by atoms with Gasteiger partial charge in [-0.15, -0.1) is 0 Å². The van der Waals surface area contributed by atoms with E-state index < -0.39 is 0 Å². The maximum atomic E-state index is 12.9. The molecule has 1 atom stereocenters. The highest BCUT2D eigenvalue weighted by Gasteiger charge is 2.33. The quantitative estimate of drug-likeness (QED) is 0.866. The molecule has 1 heterocycles. The summed E-state index contributed by atoms with van der Waals surface area (Å²) in [4.78, 5) is 26.3. The van der Waals surface area contributed by atoms with Crippen molar-refractivity contribution in [1.29, 1.82) is 0 Å². The first-order chi connectivity index (χ1) is 12.5. The summed E-state index contributed by atoms with van der Waals surface area (Å²) < 4.78 is 18.0. The van der Waals surface area contributed by atoms with Crippen molar-refractivity contribution < 1.29 is 18.7 Å². The maximum absolute atomic E-state index is 12.9. The number of halogens is 1. The van der Waals surface area contributed by atoms with Crippen LogP contribution in [0.5, 0.6) is 5.75 Å². The molecule has 0 bridgehead atoms. The molecular formula is C20H21FN2O3. The molecule has 1 aliphatic heterocycles. The molecule has 2 aromatic carbocycles. The Morgan fingerprint density at radius 1 is 1.19 bits per heavy atom. The molecule has 2 aromatic rings. The number of hydrogen-bond acceptors (Lipinski definition) is 3. The number of likely N-dealkylation sites (tertiary alicyclic amines) is 1. The minimum atomic E-state index is -0.363. The van der Waals surface area contributed by atoms with E-state index in [0.717, 1.165) is 5.56 Å². The number of hydrogen-bond donors (Lipinski definition) is 1. The third-order valence-electron chi connectivity index (χ3n) is 4.53. The molecule has 2 amide bonds. The second-order valence-corrected chi connectivity index (χ2v) is 6.34. The molecule has 1 fully saturated rings. The number of carbonyl (C=O) groups excluding carboxylic acids is 2. The van der Waals surface area contributed by atoms with Gasteiger partial charge in [-0.1, -0.05) is 12.1 Å². The summed E-state index contributed by atoms with van der Waals surface area (Å²) in [6.07, 6.45) is 0.851. The fourth-order valence-electron chi connectivity index (χ4n) is 3.00. The van der Waals surface area contributed by atoms with Gasteiger partial charge >= 0.3 is 0 Å². The highest BCUT2D eigenvalue weighted by atomic mass is 19.1. The Labute approximate surface area is 151 Å². The van der Waals surface area contributed by atoms with E-state index in [0.29, 0.717) is 30.9 Å². The predicted octanol–water partition coefficient (Wildman–Crippen LogP) is 2.86. The molecule has 26 heavy (non-hydrogen) atoms. The lowest BCUT2D eigenvalue weighted by atomic mass is 10.1. The minimum absolute atomic E-state index is 0.0259. The number of rotatable bonds is 6. The second-order valence-electron chi connectivity index (χ2n) is 6.34. The first kappa shape index (κ1) is 17.9. The number of nitrogens with zero attached hydrogens (tertiary/aromatic N) is 1. The molecule has 136 valence electrons. The Balaban J connectivity index is 1.52. The van der Waals surface area contributed by atoms with Crippen molar-refractivity contribution in [2.75, 3.05) is 25.5 Å². The number of ether oxygens (including phenoxy) is 1.